The number of fused-ring (bicyclic) bond motifs is 3. The minimum atomic E-state index is -0.247. The van der Waals surface area contributed by atoms with Gasteiger partial charge >= 0.3 is 5.97 Å². The number of benzene rings is 1. The molecule has 2 fully saturated rings. The number of piperidine rings is 1. The number of hydrogen-bond donors (Lipinski definition) is 2. The second kappa shape index (κ2) is 7.32. The zero-order chi connectivity index (χ0) is 19.1. The molecule has 2 aliphatic heterocycles. The Labute approximate surface area is 164 Å². The third-order valence-electron chi connectivity index (χ3n) is 6.11. The summed E-state index contributed by atoms with van der Waals surface area (Å²) in [4.78, 5) is 24.2. The van der Waals surface area contributed by atoms with Crippen LogP contribution in [0.15, 0.2) is 35.7 Å². The largest absolute Gasteiger partial charge is 0.462 e. The molecule has 0 spiro atoms. The van der Waals surface area contributed by atoms with Gasteiger partial charge in [0, 0.05) is 30.8 Å². The number of esters is 1. The Morgan fingerprint density at radius 1 is 1.30 bits per heavy atom. The van der Waals surface area contributed by atoms with Gasteiger partial charge in [-0.3, -0.25) is 9.59 Å². The number of rotatable bonds is 3. The van der Waals surface area contributed by atoms with E-state index in [1.165, 1.54) is 6.92 Å². The zero-order valence-electron chi connectivity index (χ0n) is 15.6. The van der Waals surface area contributed by atoms with Gasteiger partial charge in [-0.25, -0.2) is 0 Å². The van der Waals surface area contributed by atoms with Crippen molar-refractivity contribution in [2.75, 3.05) is 0 Å². The SMILES string of the molecule is CC(=O)OC1CCC2NC(=O)C3SC=CC3C2C1c1ccc(C(C)N)cc1. The second-order valence-electron chi connectivity index (χ2n) is 7.86. The van der Waals surface area contributed by atoms with Gasteiger partial charge in [0.1, 0.15) is 6.10 Å². The van der Waals surface area contributed by atoms with Crippen LogP contribution in [0.4, 0.5) is 0 Å². The van der Waals surface area contributed by atoms with Gasteiger partial charge in [-0.1, -0.05) is 30.3 Å². The zero-order valence-corrected chi connectivity index (χ0v) is 16.4. The lowest BCUT2D eigenvalue weighted by molar-refractivity contribution is -0.152. The van der Waals surface area contributed by atoms with E-state index in [9.17, 15) is 9.59 Å². The van der Waals surface area contributed by atoms with Crippen molar-refractivity contribution in [1.29, 1.82) is 0 Å². The van der Waals surface area contributed by atoms with Crippen molar-refractivity contribution < 1.29 is 14.3 Å². The Kier molecular flexibility index (Phi) is 5.03. The van der Waals surface area contributed by atoms with Crippen LogP contribution in [0, 0.1) is 11.8 Å². The molecule has 27 heavy (non-hydrogen) atoms. The smallest absolute Gasteiger partial charge is 0.302 e. The minimum absolute atomic E-state index is 0.0186. The summed E-state index contributed by atoms with van der Waals surface area (Å²) in [7, 11) is 0. The lowest BCUT2D eigenvalue weighted by Gasteiger charge is -2.49. The Hall–Kier alpha value is -1.79. The maximum absolute atomic E-state index is 12.5. The van der Waals surface area contributed by atoms with Gasteiger partial charge in [0.15, 0.2) is 0 Å². The monoisotopic (exact) mass is 386 g/mol. The fourth-order valence-electron chi connectivity index (χ4n) is 4.94. The molecule has 1 aromatic rings. The molecule has 0 radical (unpaired) electrons. The first-order valence-corrected chi connectivity index (χ1v) is 10.5. The van der Waals surface area contributed by atoms with Crippen LogP contribution >= 0.6 is 11.8 Å². The van der Waals surface area contributed by atoms with E-state index in [0.717, 1.165) is 24.0 Å². The van der Waals surface area contributed by atoms with Crippen molar-refractivity contribution in [3.63, 3.8) is 0 Å². The van der Waals surface area contributed by atoms with Crippen molar-refractivity contribution in [3.8, 4) is 0 Å². The number of amides is 1. The average Bonchev–Trinajstić information content (AvgIpc) is 3.12. The van der Waals surface area contributed by atoms with E-state index in [-0.39, 0.29) is 53.1 Å². The number of ether oxygens (including phenoxy) is 1. The summed E-state index contributed by atoms with van der Waals surface area (Å²) < 4.78 is 5.75. The van der Waals surface area contributed by atoms with E-state index in [2.05, 4.69) is 35.7 Å². The fourth-order valence-corrected chi connectivity index (χ4v) is 6.02. The topological polar surface area (TPSA) is 81.4 Å². The van der Waals surface area contributed by atoms with Crippen LogP contribution in [0.2, 0.25) is 0 Å². The van der Waals surface area contributed by atoms with Crippen LogP contribution in [0.5, 0.6) is 0 Å². The van der Waals surface area contributed by atoms with E-state index >= 15 is 0 Å². The lowest BCUT2D eigenvalue weighted by Crippen LogP contribution is -2.59. The molecule has 3 N–H and O–H groups in total. The number of nitrogens with two attached hydrogens (primary N) is 1. The quantitative estimate of drug-likeness (QED) is 0.781. The highest BCUT2D eigenvalue weighted by molar-refractivity contribution is 8.03. The first-order chi connectivity index (χ1) is 13.0. The molecule has 7 atom stereocenters. The fraction of sp³-hybridized carbons (Fsp3) is 0.524. The molecule has 1 saturated heterocycles. The summed E-state index contributed by atoms with van der Waals surface area (Å²) in [5, 5.41) is 5.20. The van der Waals surface area contributed by atoms with Crippen LogP contribution in [0.3, 0.4) is 0 Å². The lowest BCUT2D eigenvalue weighted by atomic mass is 9.63. The van der Waals surface area contributed by atoms with Crippen LogP contribution in [-0.2, 0) is 14.3 Å². The minimum Gasteiger partial charge on any atom is -0.462 e. The molecule has 2 heterocycles. The van der Waals surface area contributed by atoms with Crippen molar-refractivity contribution >= 4 is 23.6 Å². The highest BCUT2D eigenvalue weighted by Crippen LogP contribution is 2.50. The first-order valence-electron chi connectivity index (χ1n) is 9.61. The molecular weight excluding hydrogens is 360 g/mol. The average molecular weight is 387 g/mol. The van der Waals surface area contributed by atoms with Gasteiger partial charge in [0.05, 0.1) is 5.25 Å². The number of hydrogen-bond acceptors (Lipinski definition) is 5. The van der Waals surface area contributed by atoms with E-state index < -0.39 is 0 Å². The Balaban J connectivity index is 1.72. The molecule has 0 aromatic heterocycles. The van der Waals surface area contributed by atoms with Crippen molar-refractivity contribution in [3.05, 3.63) is 46.9 Å². The molecule has 1 amide bonds. The highest BCUT2D eigenvalue weighted by Gasteiger charge is 2.52. The predicted molar refractivity (Wildman–Crippen MR) is 106 cm³/mol. The van der Waals surface area contributed by atoms with Crippen molar-refractivity contribution in [1.82, 2.24) is 5.32 Å². The maximum Gasteiger partial charge on any atom is 0.302 e. The third-order valence-corrected chi connectivity index (χ3v) is 7.25. The summed E-state index contributed by atoms with van der Waals surface area (Å²) in [5.41, 5.74) is 8.24. The maximum atomic E-state index is 12.5. The number of allylic oxidation sites excluding steroid dienone is 1. The van der Waals surface area contributed by atoms with Crippen LogP contribution in [-0.4, -0.2) is 29.3 Å². The first kappa shape index (κ1) is 18.6. The molecule has 1 aliphatic carbocycles. The molecule has 144 valence electrons. The summed E-state index contributed by atoms with van der Waals surface area (Å²) in [6.45, 7) is 3.44. The van der Waals surface area contributed by atoms with Crippen LogP contribution in [0.1, 0.15) is 49.8 Å². The van der Waals surface area contributed by atoms with Gasteiger partial charge in [-0.05, 0) is 42.2 Å². The van der Waals surface area contributed by atoms with E-state index in [1.54, 1.807) is 11.8 Å². The van der Waals surface area contributed by atoms with E-state index in [1.807, 2.05) is 12.3 Å². The summed E-state index contributed by atoms with van der Waals surface area (Å²) in [6, 6.07) is 8.44. The Morgan fingerprint density at radius 2 is 2.04 bits per heavy atom. The normalized spacial score (nSPS) is 35.7. The molecule has 3 aliphatic rings. The summed E-state index contributed by atoms with van der Waals surface area (Å²) >= 11 is 1.59. The second-order valence-corrected chi connectivity index (χ2v) is 8.91. The molecule has 1 saturated carbocycles. The van der Waals surface area contributed by atoms with E-state index in [4.69, 9.17) is 10.5 Å². The summed E-state index contributed by atoms with van der Waals surface area (Å²) in [6.07, 6.45) is 3.60. The molecule has 4 rings (SSSR count). The van der Waals surface area contributed by atoms with Gasteiger partial charge < -0.3 is 15.8 Å². The molecule has 1 aromatic carbocycles. The van der Waals surface area contributed by atoms with Crippen LogP contribution < -0.4 is 11.1 Å². The van der Waals surface area contributed by atoms with Gasteiger partial charge in [-0.15, -0.1) is 11.8 Å². The highest BCUT2D eigenvalue weighted by atomic mass is 32.2. The van der Waals surface area contributed by atoms with Crippen molar-refractivity contribution in [2.24, 2.45) is 17.6 Å². The van der Waals surface area contributed by atoms with Gasteiger partial charge in [-0.2, -0.15) is 0 Å². The number of carbonyl (C=O) groups is 2. The van der Waals surface area contributed by atoms with Crippen LogP contribution in [0.25, 0.3) is 0 Å². The molecule has 7 unspecified atom stereocenters. The number of thioether (sulfide) groups is 1. The molecule has 0 bridgehead atoms. The standard InChI is InChI=1S/C21H26N2O3S/c1-11(22)13-3-5-14(6-4-13)18-17(26-12(2)24)8-7-16-19(18)15-9-10-27-20(15)21(25)23-16/h3-6,9-11,15-20H,7-8,22H2,1-2H3,(H,23,25). The van der Waals surface area contributed by atoms with Gasteiger partial charge in [0.2, 0.25) is 5.91 Å². The Morgan fingerprint density at radius 3 is 2.70 bits per heavy atom. The molecule has 6 heteroatoms. The molecular formula is C21H26N2O3S. The van der Waals surface area contributed by atoms with E-state index in [0.29, 0.717) is 0 Å². The third kappa shape index (κ3) is 3.41. The summed E-state index contributed by atoms with van der Waals surface area (Å²) in [5.74, 6) is 0.339. The number of nitrogens with one attached hydrogen (secondary N) is 1. The Bertz CT molecular complexity index is 761. The van der Waals surface area contributed by atoms with Gasteiger partial charge in [0.25, 0.3) is 0 Å². The van der Waals surface area contributed by atoms with Crippen molar-refractivity contribution in [2.45, 2.75) is 56.0 Å². The number of carbonyl (C=O) groups excluding carboxylic acids is 2. The molecule has 5 nitrogen and oxygen atoms in total. The predicted octanol–water partition coefficient (Wildman–Crippen LogP) is 2.88.